The third-order valence-corrected chi connectivity index (χ3v) is 2.16. The highest BCUT2D eigenvalue weighted by molar-refractivity contribution is 4.77. The highest BCUT2D eigenvalue weighted by atomic mass is 19.3. The van der Waals surface area contributed by atoms with Gasteiger partial charge in [0.15, 0.2) is 0 Å². The maximum Gasteiger partial charge on any atom is 0.283 e. The standard InChI is InChI=1S/C14H29F2NO2/c1-12(2,3)17-10-14(15,16)11-18-8-7-9-19-13(4,5)6/h17H,7-11H2,1-6H3. The Kier molecular flexibility index (Phi) is 7.40. The second kappa shape index (κ2) is 7.50. The highest BCUT2D eigenvalue weighted by Gasteiger charge is 2.30. The molecular weight excluding hydrogens is 252 g/mol. The highest BCUT2D eigenvalue weighted by Crippen LogP contribution is 2.14. The van der Waals surface area contributed by atoms with Crippen LogP contribution >= 0.6 is 0 Å². The van der Waals surface area contributed by atoms with Gasteiger partial charge in [-0.2, -0.15) is 0 Å². The smallest absolute Gasteiger partial charge is 0.283 e. The number of hydrogen-bond donors (Lipinski definition) is 1. The molecule has 0 fully saturated rings. The van der Waals surface area contributed by atoms with Crippen LogP contribution in [0.15, 0.2) is 0 Å². The van der Waals surface area contributed by atoms with Crippen LogP contribution < -0.4 is 5.32 Å². The molecule has 0 aliphatic heterocycles. The first-order chi connectivity index (χ1) is 8.41. The van der Waals surface area contributed by atoms with E-state index in [1.54, 1.807) is 0 Å². The third-order valence-electron chi connectivity index (χ3n) is 2.16. The second-order valence-corrected chi connectivity index (χ2v) is 6.83. The molecule has 5 heteroatoms. The van der Waals surface area contributed by atoms with Crippen LogP contribution in [0.1, 0.15) is 48.0 Å². The lowest BCUT2D eigenvalue weighted by Gasteiger charge is -2.25. The van der Waals surface area contributed by atoms with E-state index in [1.165, 1.54) is 0 Å². The molecule has 0 saturated carbocycles. The van der Waals surface area contributed by atoms with Gasteiger partial charge < -0.3 is 14.8 Å². The quantitative estimate of drug-likeness (QED) is 0.693. The SMILES string of the molecule is CC(C)(C)NCC(F)(F)COCCCOC(C)(C)C. The minimum atomic E-state index is -2.84. The van der Waals surface area contributed by atoms with Crippen molar-refractivity contribution in [2.75, 3.05) is 26.4 Å². The Labute approximate surface area is 116 Å². The van der Waals surface area contributed by atoms with Crippen LogP contribution in [-0.2, 0) is 9.47 Å². The summed E-state index contributed by atoms with van der Waals surface area (Å²) < 4.78 is 37.3. The van der Waals surface area contributed by atoms with E-state index in [9.17, 15) is 8.78 Å². The first kappa shape index (κ1) is 18.7. The number of nitrogens with one attached hydrogen (secondary N) is 1. The Morgan fingerprint density at radius 1 is 0.947 bits per heavy atom. The van der Waals surface area contributed by atoms with E-state index in [1.807, 2.05) is 41.5 Å². The lowest BCUT2D eigenvalue weighted by Crippen LogP contribution is -2.45. The molecule has 0 aromatic carbocycles. The van der Waals surface area contributed by atoms with Crippen LogP contribution in [0.2, 0.25) is 0 Å². The van der Waals surface area contributed by atoms with E-state index in [2.05, 4.69) is 5.32 Å². The largest absolute Gasteiger partial charge is 0.376 e. The van der Waals surface area contributed by atoms with Crippen LogP contribution in [-0.4, -0.2) is 43.4 Å². The Morgan fingerprint density at radius 3 is 2.00 bits per heavy atom. The number of hydrogen-bond acceptors (Lipinski definition) is 3. The number of halogens is 2. The summed E-state index contributed by atoms with van der Waals surface area (Å²) in [5.74, 6) is -2.84. The van der Waals surface area contributed by atoms with Crippen molar-refractivity contribution in [3.05, 3.63) is 0 Å². The fourth-order valence-corrected chi connectivity index (χ4v) is 1.21. The van der Waals surface area contributed by atoms with Crippen molar-refractivity contribution in [3.8, 4) is 0 Å². The minimum absolute atomic E-state index is 0.194. The van der Waals surface area contributed by atoms with Gasteiger partial charge in [0, 0.05) is 18.8 Å². The van der Waals surface area contributed by atoms with Gasteiger partial charge in [-0.25, -0.2) is 8.78 Å². The van der Waals surface area contributed by atoms with Gasteiger partial charge in [-0.1, -0.05) is 0 Å². The van der Waals surface area contributed by atoms with E-state index in [0.29, 0.717) is 19.6 Å². The van der Waals surface area contributed by atoms with Gasteiger partial charge in [-0.15, -0.1) is 0 Å². The second-order valence-electron chi connectivity index (χ2n) is 6.83. The van der Waals surface area contributed by atoms with Crippen LogP contribution in [0.3, 0.4) is 0 Å². The molecule has 0 saturated heterocycles. The summed E-state index contributed by atoms with van der Waals surface area (Å²) in [6, 6.07) is 0. The van der Waals surface area contributed by atoms with Crippen molar-refractivity contribution in [3.63, 3.8) is 0 Å². The zero-order valence-electron chi connectivity index (χ0n) is 13.1. The molecule has 116 valence electrons. The van der Waals surface area contributed by atoms with E-state index >= 15 is 0 Å². The number of ether oxygens (including phenoxy) is 2. The first-order valence-corrected chi connectivity index (χ1v) is 6.76. The van der Waals surface area contributed by atoms with E-state index in [0.717, 1.165) is 0 Å². The molecule has 0 heterocycles. The summed E-state index contributed by atoms with van der Waals surface area (Å²) in [6.07, 6.45) is 0.625. The molecule has 1 N–H and O–H groups in total. The van der Waals surface area contributed by atoms with Crippen LogP contribution in [0.25, 0.3) is 0 Å². The van der Waals surface area contributed by atoms with Gasteiger partial charge in [0.25, 0.3) is 5.92 Å². The number of rotatable bonds is 8. The maximum atomic E-state index is 13.4. The maximum absolute atomic E-state index is 13.4. The van der Waals surface area contributed by atoms with Crippen molar-refractivity contribution in [2.24, 2.45) is 0 Å². The first-order valence-electron chi connectivity index (χ1n) is 6.76. The van der Waals surface area contributed by atoms with Crippen LogP contribution in [0, 0.1) is 0 Å². The molecule has 0 rings (SSSR count). The Balaban J connectivity index is 3.64. The lowest BCUT2D eigenvalue weighted by molar-refractivity contribution is -0.0832. The van der Waals surface area contributed by atoms with E-state index < -0.39 is 12.5 Å². The molecule has 0 radical (unpaired) electrons. The van der Waals surface area contributed by atoms with Gasteiger partial charge in [-0.05, 0) is 48.0 Å². The summed E-state index contributed by atoms with van der Waals surface area (Å²) in [5, 5.41) is 2.78. The molecule has 0 aliphatic rings. The predicted octanol–water partition coefficient (Wildman–Crippen LogP) is 3.23. The van der Waals surface area contributed by atoms with Gasteiger partial charge in [0.2, 0.25) is 0 Å². The average molecular weight is 281 g/mol. The van der Waals surface area contributed by atoms with Gasteiger partial charge in [-0.3, -0.25) is 0 Å². The van der Waals surface area contributed by atoms with E-state index in [4.69, 9.17) is 9.47 Å². The molecule has 0 unspecified atom stereocenters. The summed E-state index contributed by atoms with van der Waals surface area (Å²) >= 11 is 0. The fourth-order valence-electron chi connectivity index (χ4n) is 1.21. The zero-order chi connectivity index (χ0) is 15.2. The molecule has 0 bridgehead atoms. The third kappa shape index (κ3) is 14.0. The van der Waals surface area contributed by atoms with Gasteiger partial charge in [0.05, 0.1) is 12.1 Å². The van der Waals surface area contributed by atoms with Crippen LogP contribution in [0.4, 0.5) is 8.78 Å². The van der Waals surface area contributed by atoms with Crippen molar-refractivity contribution in [1.29, 1.82) is 0 Å². The molecule has 0 aliphatic carbocycles. The predicted molar refractivity (Wildman–Crippen MR) is 73.8 cm³/mol. The Bertz CT molecular complexity index is 245. The molecule has 0 aromatic rings. The Hall–Kier alpha value is -0.260. The molecule has 0 aromatic heterocycles. The minimum Gasteiger partial charge on any atom is -0.376 e. The van der Waals surface area contributed by atoms with E-state index in [-0.39, 0.29) is 17.7 Å². The van der Waals surface area contributed by atoms with Crippen molar-refractivity contribution in [2.45, 2.75) is 65.0 Å². The van der Waals surface area contributed by atoms with Gasteiger partial charge in [0.1, 0.15) is 6.61 Å². The number of alkyl halides is 2. The fraction of sp³-hybridized carbons (Fsp3) is 1.00. The molecule has 3 nitrogen and oxygen atoms in total. The summed E-state index contributed by atoms with van der Waals surface area (Å²) in [5.41, 5.74) is -0.509. The molecular formula is C14H29F2NO2. The summed E-state index contributed by atoms with van der Waals surface area (Å²) in [4.78, 5) is 0. The van der Waals surface area contributed by atoms with Gasteiger partial charge >= 0.3 is 0 Å². The zero-order valence-corrected chi connectivity index (χ0v) is 13.1. The van der Waals surface area contributed by atoms with Crippen molar-refractivity contribution >= 4 is 0 Å². The van der Waals surface area contributed by atoms with Crippen LogP contribution in [0.5, 0.6) is 0 Å². The summed E-state index contributed by atoms with van der Waals surface area (Å²) in [6.45, 7) is 11.3. The Morgan fingerprint density at radius 2 is 1.53 bits per heavy atom. The molecule has 19 heavy (non-hydrogen) atoms. The average Bonchev–Trinajstić information content (AvgIpc) is 2.18. The van der Waals surface area contributed by atoms with Crippen molar-refractivity contribution < 1.29 is 18.3 Å². The summed E-state index contributed by atoms with van der Waals surface area (Å²) in [7, 11) is 0. The topological polar surface area (TPSA) is 30.5 Å². The molecule has 0 spiro atoms. The molecule has 0 amide bonds. The van der Waals surface area contributed by atoms with Crippen molar-refractivity contribution in [1.82, 2.24) is 5.32 Å². The monoisotopic (exact) mass is 281 g/mol. The normalized spacial score (nSPS) is 13.9. The molecule has 0 atom stereocenters. The lowest BCUT2D eigenvalue weighted by atomic mass is 10.1.